The zero-order valence-corrected chi connectivity index (χ0v) is 17.1. The van der Waals surface area contributed by atoms with E-state index in [0.717, 1.165) is 5.56 Å². The lowest BCUT2D eigenvalue weighted by atomic mass is 9.88. The molecule has 8 heteroatoms. The summed E-state index contributed by atoms with van der Waals surface area (Å²) >= 11 is 0. The van der Waals surface area contributed by atoms with Gasteiger partial charge in [0, 0.05) is 11.1 Å². The van der Waals surface area contributed by atoms with Gasteiger partial charge in [-0.05, 0) is 36.7 Å². The average Bonchev–Trinajstić information content (AvgIpc) is 3.20. The Kier molecular flexibility index (Phi) is 6.48. The van der Waals surface area contributed by atoms with Crippen LogP contribution < -0.4 is 10.5 Å². The number of ether oxygens (including phenoxy) is 1. The van der Waals surface area contributed by atoms with Crippen molar-refractivity contribution in [1.82, 2.24) is 0 Å². The second-order valence-corrected chi connectivity index (χ2v) is 6.81. The van der Waals surface area contributed by atoms with Crippen LogP contribution in [0.25, 0.3) is 0 Å². The van der Waals surface area contributed by atoms with Crippen LogP contribution in [0.5, 0.6) is 5.75 Å². The van der Waals surface area contributed by atoms with E-state index in [2.05, 4.69) is 0 Å². The Morgan fingerprint density at radius 1 is 0.903 bits per heavy atom. The molecule has 0 saturated carbocycles. The highest BCUT2D eigenvalue weighted by atomic mass is 35.5. The largest absolute Gasteiger partial charge is 0.449 e. The average molecular weight is 440 g/mol. The number of nitrogens with two attached hydrogens (primary N) is 1. The Labute approximate surface area is 183 Å². The molecule has 0 unspecified atom stereocenters. The van der Waals surface area contributed by atoms with Gasteiger partial charge in [-0.3, -0.25) is 19.2 Å². The summed E-state index contributed by atoms with van der Waals surface area (Å²) in [6.45, 7) is 0.511. The fraction of sp³-hybridized carbons (Fsp3) is 0.130. The van der Waals surface area contributed by atoms with Crippen LogP contribution in [-0.4, -0.2) is 29.9 Å². The van der Waals surface area contributed by atoms with Crippen molar-refractivity contribution in [1.29, 1.82) is 0 Å². The van der Waals surface area contributed by atoms with Crippen molar-refractivity contribution in [2.24, 2.45) is 5.73 Å². The van der Waals surface area contributed by atoms with E-state index < -0.39 is 29.7 Å². The van der Waals surface area contributed by atoms with Crippen LogP contribution in [0, 0.1) is 0 Å². The molecule has 2 N–H and O–H groups in total. The van der Waals surface area contributed by atoms with E-state index in [4.69, 9.17) is 14.9 Å². The van der Waals surface area contributed by atoms with Gasteiger partial charge in [0.25, 0.3) is 0 Å². The molecule has 0 fully saturated rings. The maximum Gasteiger partial charge on any atom is 0.319 e. The molecule has 2 aromatic carbocycles. The number of halogens is 1. The van der Waals surface area contributed by atoms with Gasteiger partial charge in [-0.25, -0.2) is 0 Å². The van der Waals surface area contributed by atoms with Crippen molar-refractivity contribution in [3.8, 4) is 5.75 Å². The van der Waals surface area contributed by atoms with Gasteiger partial charge in [-0.15, -0.1) is 12.4 Å². The summed E-state index contributed by atoms with van der Waals surface area (Å²) in [5.74, 6) is -2.45. The number of ketones is 3. The smallest absolute Gasteiger partial charge is 0.319 e. The quantitative estimate of drug-likeness (QED) is 0.212. The first-order chi connectivity index (χ1) is 14.5. The minimum Gasteiger partial charge on any atom is -0.449 e. The first kappa shape index (κ1) is 22.1. The predicted molar refractivity (Wildman–Crippen MR) is 113 cm³/mol. The molecule has 0 atom stereocenters. The molecule has 1 heterocycles. The number of rotatable bonds is 6. The topological polar surface area (TPSA) is 117 Å². The zero-order chi connectivity index (χ0) is 21.3. The minimum absolute atomic E-state index is 0. The summed E-state index contributed by atoms with van der Waals surface area (Å²) in [5.41, 5.74) is 7.00. The number of carbonyl (C=O) groups is 4. The molecular weight excluding hydrogens is 422 g/mol. The van der Waals surface area contributed by atoms with E-state index in [-0.39, 0.29) is 40.6 Å². The lowest BCUT2D eigenvalue weighted by Gasteiger charge is -2.11. The first-order valence-corrected chi connectivity index (χ1v) is 9.33. The molecule has 0 aliphatic heterocycles. The first-order valence-electron chi connectivity index (χ1n) is 9.33. The number of Topliss-reactive ketones (excluding diaryl/α,β-unsaturated/α-hetero) is 1. The standard InChI is InChI=1S/C23H17NO6.ClH/c24-10-9-13-5-7-14(8-6-13)29-20(26)12-18(25)19-11-17-21(27)15-3-1-2-4-16(15)22(28)23(17)30-19;/h1-8,11H,9-10,12,24H2;1H. The SMILES string of the molecule is Cl.NCCc1ccc(OC(=O)CC(=O)c2cc3c(o2)C(=O)c2ccccc2C3=O)cc1. The Balaban J connectivity index is 0.00000272. The fourth-order valence-electron chi connectivity index (χ4n) is 3.29. The number of benzene rings is 2. The Bertz CT molecular complexity index is 1130. The van der Waals surface area contributed by atoms with Gasteiger partial charge in [0.1, 0.15) is 12.2 Å². The Hall–Kier alpha value is -3.55. The van der Waals surface area contributed by atoms with Crippen LogP contribution in [0.1, 0.15) is 54.6 Å². The second kappa shape index (κ2) is 9.07. The highest BCUT2D eigenvalue weighted by molar-refractivity contribution is 6.28. The number of carbonyl (C=O) groups excluding carboxylic acids is 4. The van der Waals surface area contributed by atoms with Crippen LogP contribution in [0.3, 0.4) is 0 Å². The normalized spacial score (nSPS) is 11.9. The van der Waals surface area contributed by atoms with Gasteiger partial charge in [-0.2, -0.15) is 0 Å². The van der Waals surface area contributed by atoms with Crippen LogP contribution in [0.4, 0.5) is 0 Å². The van der Waals surface area contributed by atoms with Crippen LogP contribution in [0.2, 0.25) is 0 Å². The van der Waals surface area contributed by atoms with E-state index in [1.807, 2.05) is 0 Å². The molecule has 0 radical (unpaired) electrons. The number of fused-ring (bicyclic) bond motifs is 2. The molecule has 158 valence electrons. The maximum absolute atomic E-state index is 12.6. The van der Waals surface area contributed by atoms with Gasteiger partial charge < -0.3 is 14.9 Å². The summed E-state index contributed by atoms with van der Waals surface area (Å²) in [6.07, 6.45) is 0.115. The lowest BCUT2D eigenvalue weighted by molar-refractivity contribution is -0.133. The second-order valence-electron chi connectivity index (χ2n) is 6.81. The predicted octanol–water partition coefficient (Wildman–Crippen LogP) is 3.16. The number of hydrogen-bond donors (Lipinski definition) is 1. The summed E-state index contributed by atoms with van der Waals surface area (Å²) in [6, 6.07) is 14.4. The van der Waals surface area contributed by atoms with Gasteiger partial charge >= 0.3 is 5.97 Å². The maximum atomic E-state index is 12.6. The van der Waals surface area contributed by atoms with E-state index in [1.54, 1.807) is 42.5 Å². The molecule has 4 rings (SSSR count). The monoisotopic (exact) mass is 439 g/mol. The van der Waals surface area contributed by atoms with Crippen LogP contribution in [0.15, 0.2) is 59.0 Å². The zero-order valence-electron chi connectivity index (χ0n) is 16.3. The van der Waals surface area contributed by atoms with E-state index in [1.165, 1.54) is 12.1 Å². The fourth-order valence-corrected chi connectivity index (χ4v) is 3.29. The molecule has 1 aliphatic carbocycles. The number of esters is 1. The summed E-state index contributed by atoms with van der Waals surface area (Å²) in [7, 11) is 0. The van der Waals surface area contributed by atoms with Crippen molar-refractivity contribution >= 4 is 35.7 Å². The molecule has 0 amide bonds. The molecule has 7 nitrogen and oxygen atoms in total. The lowest BCUT2D eigenvalue weighted by Crippen LogP contribution is -2.18. The van der Waals surface area contributed by atoms with Crippen molar-refractivity contribution in [2.45, 2.75) is 12.8 Å². The molecule has 0 spiro atoms. The third-order valence-corrected chi connectivity index (χ3v) is 4.77. The summed E-state index contributed by atoms with van der Waals surface area (Å²) in [4.78, 5) is 49.8. The van der Waals surface area contributed by atoms with Gasteiger partial charge in [-0.1, -0.05) is 36.4 Å². The Morgan fingerprint density at radius 2 is 1.55 bits per heavy atom. The van der Waals surface area contributed by atoms with E-state index in [0.29, 0.717) is 18.7 Å². The van der Waals surface area contributed by atoms with Crippen molar-refractivity contribution in [3.63, 3.8) is 0 Å². The number of furan rings is 1. The van der Waals surface area contributed by atoms with Gasteiger partial charge in [0.2, 0.25) is 11.6 Å². The highest BCUT2D eigenvalue weighted by Crippen LogP contribution is 2.30. The molecule has 31 heavy (non-hydrogen) atoms. The molecule has 3 aromatic rings. The molecule has 1 aromatic heterocycles. The molecule has 0 saturated heterocycles. The van der Waals surface area contributed by atoms with Crippen molar-refractivity contribution in [3.05, 3.63) is 88.4 Å². The third-order valence-electron chi connectivity index (χ3n) is 4.77. The highest BCUT2D eigenvalue weighted by Gasteiger charge is 2.34. The third kappa shape index (κ3) is 4.33. The number of hydrogen-bond acceptors (Lipinski definition) is 7. The summed E-state index contributed by atoms with van der Waals surface area (Å²) in [5, 5.41) is 0. The van der Waals surface area contributed by atoms with E-state index >= 15 is 0 Å². The molecule has 1 aliphatic rings. The van der Waals surface area contributed by atoms with Crippen molar-refractivity contribution in [2.75, 3.05) is 6.54 Å². The minimum atomic E-state index is -0.776. The van der Waals surface area contributed by atoms with Crippen LogP contribution >= 0.6 is 12.4 Å². The van der Waals surface area contributed by atoms with Gasteiger partial charge in [0.05, 0.1) is 5.56 Å². The Morgan fingerprint density at radius 3 is 2.19 bits per heavy atom. The molecular formula is C23H18ClNO6. The van der Waals surface area contributed by atoms with E-state index in [9.17, 15) is 19.2 Å². The summed E-state index contributed by atoms with van der Waals surface area (Å²) < 4.78 is 10.5. The molecule has 0 bridgehead atoms. The van der Waals surface area contributed by atoms with Crippen LogP contribution in [-0.2, 0) is 11.2 Å². The van der Waals surface area contributed by atoms with Gasteiger partial charge in [0.15, 0.2) is 17.3 Å². The van der Waals surface area contributed by atoms with Crippen molar-refractivity contribution < 1.29 is 28.3 Å².